The van der Waals surface area contributed by atoms with Gasteiger partial charge in [0.15, 0.2) is 0 Å². The Labute approximate surface area is 176 Å². The lowest BCUT2D eigenvalue weighted by molar-refractivity contribution is 0.514. The van der Waals surface area contributed by atoms with E-state index in [0.29, 0.717) is 0 Å². The molecule has 2 aromatic carbocycles. The fourth-order valence-corrected chi connectivity index (χ4v) is 4.67. The summed E-state index contributed by atoms with van der Waals surface area (Å²) in [5.74, 6) is 0. The van der Waals surface area contributed by atoms with Crippen LogP contribution < -0.4 is 5.32 Å². The van der Waals surface area contributed by atoms with Crippen LogP contribution in [0.5, 0.6) is 0 Å². The minimum absolute atomic E-state index is 0.0657. The van der Waals surface area contributed by atoms with E-state index in [1.165, 1.54) is 33.4 Å². The molecule has 1 aliphatic rings. The fourth-order valence-electron chi connectivity index (χ4n) is 4.67. The molecule has 0 aromatic heterocycles. The van der Waals surface area contributed by atoms with Crippen molar-refractivity contribution in [3.8, 4) is 11.1 Å². The first-order valence-corrected chi connectivity index (χ1v) is 10.3. The maximum atomic E-state index is 4.57. The van der Waals surface area contributed by atoms with Crippen molar-refractivity contribution in [2.24, 2.45) is 5.41 Å². The van der Waals surface area contributed by atoms with Gasteiger partial charge >= 0.3 is 0 Å². The number of nitrogens with one attached hydrogen (secondary N) is 1. The van der Waals surface area contributed by atoms with E-state index in [1.807, 2.05) is 7.05 Å². The lowest BCUT2D eigenvalue weighted by Gasteiger charge is -2.37. The first-order valence-electron chi connectivity index (χ1n) is 10.3. The van der Waals surface area contributed by atoms with Crippen LogP contribution in [-0.4, -0.2) is 7.05 Å². The number of hydrogen-bond acceptors (Lipinski definition) is 1. The standard InChI is InChI=1S/C28H33N/c1-9-22(27(5,6)7)18-19(2)28(20(3)21(4)29-8)25-16-12-10-14-23(25)24-15-11-13-17-26(24)28/h9-18,29H,3-4H2,1-2,5-8H3/b19-18+,22-9+. The minimum Gasteiger partial charge on any atom is -0.388 e. The quantitative estimate of drug-likeness (QED) is 0.539. The molecule has 0 atom stereocenters. The molecule has 0 bridgehead atoms. The molecule has 1 nitrogen and oxygen atoms in total. The van der Waals surface area contributed by atoms with Crippen molar-refractivity contribution < 1.29 is 0 Å². The van der Waals surface area contributed by atoms with E-state index in [9.17, 15) is 0 Å². The Morgan fingerprint density at radius 2 is 1.41 bits per heavy atom. The minimum atomic E-state index is -0.438. The van der Waals surface area contributed by atoms with E-state index >= 15 is 0 Å². The van der Waals surface area contributed by atoms with Crippen LogP contribution in [0.3, 0.4) is 0 Å². The van der Waals surface area contributed by atoms with Gasteiger partial charge in [-0.25, -0.2) is 0 Å². The van der Waals surface area contributed by atoms with Crippen molar-refractivity contribution in [1.82, 2.24) is 5.32 Å². The second-order valence-electron chi connectivity index (χ2n) is 8.87. The zero-order chi connectivity index (χ0) is 21.4. The lowest BCUT2D eigenvalue weighted by atomic mass is 9.66. The molecule has 0 radical (unpaired) electrons. The van der Waals surface area contributed by atoms with Gasteiger partial charge in [-0.15, -0.1) is 0 Å². The van der Waals surface area contributed by atoms with Gasteiger partial charge in [-0.05, 0) is 52.7 Å². The molecular weight excluding hydrogens is 350 g/mol. The lowest BCUT2D eigenvalue weighted by Crippen LogP contribution is -2.32. The molecule has 3 rings (SSSR count). The van der Waals surface area contributed by atoms with Crippen LogP contribution in [0.25, 0.3) is 11.1 Å². The molecule has 2 aromatic rings. The third-order valence-corrected chi connectivity index (χ3v) is 6.21. The molecule has 0 aliphatic heterocycles. The Kier molecular flexibility index (Phi) is 5.45. The summed E-state index contributed by atoms with van der Waals surface area (Å²) >= 11 is 0. The van der Waals surface area contributed by atoms with Crippen LogP contribution in [0.15, 0.2) is 96.3 Å². The number of hydrogen-bond donors (Lipinski definition) is 1. The van der Waals surface area contributed by atoms with Gasteiger partial charge in [-0.3, -0.25) is 0 Å². The first kappa shape index (κ1) is 20.9. The van der Waals surface area contributed by atoms with Crippen LogP contribution >= 0.6 is 0 Å². The molecule has 1 aliphatic carbocycles. The number of likely N-dealkylation sites (N-methyl/N-ethyl adjacent to an activating group) is 1. The van der Waals surface area contributed by atoms with Crippen molar-refractivity contribution in [3.63, 3.8) is 0 Å². The van der Waals surface area contributed by atoms with Crippen LogP contribution in [0.1, 0.15) is 45.7 Å². The van der Waals surface area contributed by atoms with Gasteiger partial charge in [0.25, 0.3) is 0 Å². The second-order valence-corrected chi connectivity index (χ2v) is 8.87. The Morgan fingerprint density at radius 1 is 0.931 bits per heavy atom. The molecule has 1 N–H and O–H groups in total. The molecule has 0 saturated heterocycles. The maximum absolute atomic E-state index is 4.57. The van der Waals surface area contributed by atoms with Crippen molar-refractivity contribution >= 4 is 0 Å². The number of allylic oxidation sites excluding steroid dienone is 5. The summed E-state index contributed by atoms with van der Waals surface area (Å²) in [7, 11) is 1.92. The summed E-state index contributed by atoms with van der Waals surface area (Å²) in [6.45, 7) is 20.0. The summed E-state index contributed by atoms with van der Waals surface area (Å²) < 4.78 is 0. The monoisotopic (exact) mass is 383 g/mol. The van der Waals surface area contributed by atoms with Crippen LogP contribution in [0.2, 0.25) is 0 Å². The Balaban J connectivity index is 2.41. The van der Waals surface area contributed by atoms with E-state index < -0.39 is 5.41 Å². The number of fused-ring (bicyclic) bond motifs is 3. The molecule has 0 amide bonds. The van der Waals surface area contributed by atoms with Gasteiger partial charge in [-0.1, -0.05) is 100 Å². The average Bonchev–Trinajstić information content (AvgIpc) is 3.01. The van der Waals surface area contributed by atoms with Gasteiger partial charge in [-0.2, -0.15) is 0 Å². The van der Waals surface area contributed by atoms with E-state index in [0.717, 1.165) is 11.3 Å². The molecule has 0 unspecified atom stereocenters. The summed E-state index contributed by atoms with van der Waals surface area (Å²) in [6.07, 6.45) is 4.58. The predicted octanol–water partition coefficient (Wildman–Crippen LogP) is 7.18. The predicted molar refractivity (Wildman–Crippen MR) is 127 cm³/mol. The Morgan fingerprint density at radius 3 is 1.83 bits per heavy atom. The van der Waals surface area contributed by atoms with E-state index in [2.05, 4.69) is 114 Å². The summed E-state index contributed by atoms with van der Waals surface area (Å²) in [5.41, 5.74) is 9.18. The molecule has 150 valence electrons. The first-order chi connectivity index (χ1) is 13.7. The van der Waals surface area contributed by atoms with Crippen LogP contribution in [0.4, 0.5) is 0 Å². The smallest absolute Gasteiger partial charge is 0.0687 e. The van der Waals surface area contributed by atoms with Gasteiger partial charge in [0, 0.05) is 12.7 Å². The molecule has 29 heavy (non-hydrogen) atoms. The molecule has 0 heterocycles. The normalized spacial score (nSPS) is 15.5. The Hall–Kier alpha value is -2.80. The highest BCUT2D eigenvalue weighted by Crippen LogP contribution is 2.57. The zero-order valence-electron chi connectivity index (χ0n) is 18.7. The van der Waals surface area contributed by atoms with Gasteiger partial charge in [0.1, 0.15) is 0 Å². The molecule has 1 heteroatoms. The van der Waals surface area contributed by atoms with Crippen molar-refractivity contribution in [2.45, 2.75) is 40.0 Å². The van der Waals surface area contributed by atoms with E-state index in [-0.39, 0.29) is 5.41 Å². The highest BCUT2D eigenvalue weighted by molar-refractivity contribution is 5.86. The SMILES string of the molecule is C=C(NC)C(=C)C1(/C(C)=C/C(=C\C)C(C)(C)C)c2ccccc2-c2ccccc21. The molecule has 0 saturated carbocycles. The summed E-state index contributed by atoms with van der Waals surface area (Å²) in [6, 6.07) is 17.4. The van der Waals surface area contributed by atoms with Crippen LogP contribution in [-0.2, 0) is 5.41 Å². The van der Waals surface area contributed by atoms with Gasteiger partial charge in [0.05, 0.1) is 5.41 Å². The zero-order valence-corrected chi connectivity index (χ0v) is 18.7. The van der Waals surface area contributed by atoms with Gasteiger partial charge < -0.3 is 5.32 Å². The van der Waals surface area contributed by atoms with E-state index in [4.69, 9.17) is 0 Å². The largest absolute Gasteiger partial charge is 0.388 e. The molecular formula is C28H33N. The van der Waals surface area contributed by atoms with Crippen molar-refractivity contribution in [1.29, 1.82) is 0 Å². The summed E-state index contributed by atoms with van der Waals surface area (Å²) in [5, 5.41) is 3.24. The topological polar surface area (TPSA) is 12.0 Å². The number of benzene rings is 2. The van der Waals surface area contributed by atoms with E-state index in [1.54, 1.807) is 0 Å². The summed E-state index contributed by atoms with van der Waals surface area (Å²) in [4.78, 5) is 0. The maximum Gasteiger partial charge on any atom is 0.0687 e. The highest BCUT2D eigenvalue weighted by atomic mass is 14.8. The van der Waals surface area contributed by atoms with Crippen molar-refractivity contribution in [3.05, 3.63) is 107 Å². The van der Waals surface area contributed by atoms with Crippen molar-refractivity contribution in [2.75, 3.05) is 7.05 Å². The highest BCUT2D eigenvalue weighted by Gasteiger charge is 2.47. The van der Waals surface area contributed by atoms with Gasteiger partial charge in [0.2, 0.25) is 0 Å². The Bertz CT molecular complexity index is 979. The number of rotatable bonds is 5. The average molecular weight is 384 g/mol. The van der Waals surface area contributed by atoms with Crippen LogP contribution in [0, 0.1) is 5.41 Å². The third kappa shape index (κ3) is 3.19. The second kappa shape index (κ2) is 7.55. The fraction of sp³-hybridized carbons (Fsp3) is 0.286. The molecule has 0 fully saturated rings. The molecule has 0 spiro atoms. The third-order valence-electron chi connectivity index (χ3n) is 6.21.